The van der Waals surface area contributed by atoms with E-state index in [1.165, 1.54) is 225 Å². The van der Waals surface area contributed by atoms with Gasteiger partial charge in [-0.1, -0.05) is 298 Å². The number of carbonyl (C=O) groups excluding carboxylic acids is 3. The first-order valence-corrected chi connectivity index (χ1v) is 29.7. The van der Waals surface area contributed by atoms with Gasteiger partial charge in [-0.05, 0) is 31.1 Å². The number of rotatable bonds is 54. The van der Waals surface area contributed by atoms with Crippen LogP contribution >= 0.6 is 0 Å². The van der Waals surface area contributed by atoms with Crippen molar-refractivity contribution in [2.45, 2.75) is 343 Å². The van der Waals surface area contributed by atoms with Gasteiger partial charge in [-0.25, -0.2) is 0 Å². The van der Waals surface area contributed by atoms with Gasteiger partial charge in [0.2, 0.25) is 0 Å². The Labute approximate surface area is 412 Å². The van der Waals surface area contributed by atoms with Gasteiger partial charge >= 0.3 is 17.9 Å². The van der Waals surface area contributed by atoms with E-state index in [1.807, 2.05) is 0 Å². The van der Waals surface area contributed by atoms with Crippen LogP contribution in [-0.4, -0.2) is 37.2 Å². The standard InChI is InChI=1S/C60H116O6/c1-6-7-8-9-10-11-12-13-14-15-16-17-20-24-27-30-37-42-47-52-60(63)66-57(54-65-59(62)51-46-41-36-32-31-34-39-44-49-56(4)5)53-64-58(61)50-45-40-35-29-26-23-21-18-19-22-25-28-33-38-43-48-55(2)3/h55-57H,6-54H2,1-5H3/t57-/m1/s1. The lowest BCUT2D eigenvalue weighted by molar-refractivity contribution is -0.167. The predicted octanol–water partition coefficient (Wildman–Crippen LogP) is 19.7. The van der Waals surface area contributed by atoms with Crippen LogP contribution in [0.15, 0.2) is 0 Å². The maximum Gasteiger partial charge on any atom is 0.306 e. The fourth-order valence-electron chi connectivity index (χ4n) is 9.23. The van der Waals surface area contributed by atoms with Crippen molar-refractivity contribution in [1.29, 1.82) is 0 Å². The van der Waals surface area contributed by atoms with Crippen molar-refractivity contribution in [2.75, 3.05) is 13.2 Å². The Kier molecular flexibility index (Phi) is 51.5. The first-order chi connectivity index (χ1) is 32.2. The van der Waals surface area contributed by atoms with Crippen LogP contribution in [0.2, 0.25) is 0 Å². The molecule has 0 rings (SSSR count). The van der Waals surface area contributed by atoms with Gasteiger partial charge in [0.25, 0.3) is 0 Å². The van der Waals surface area contributed by atoms with E-state index < -0.39 is 6.10 Å². The van der Waals surface area contributed by atoms with Crippen LogP contribution in [0.4, 0.5) is 0 Å². The van der Waals surface area contributed by atoms with Gasteiger partial charge in [-0.15, -0.1) is 0 Å². The molecule has 0 spiro atoms. The second kappa shape index (κ2) is 52.8. The van der Waals surface area contributed by atoms with E-state index in [4.69, 9.17) is 14.2 Å². The van der Waals surface area contributed by atoms with Crippen LogP contribution < -0.4 is 0 Å². The molecule has 0 saturated carbocycles. The number of hydrogen-bond donors (Lipinski definition) is 0. The summed E-state index contributed by atoms with van der Waals surface area (Å²) in [5.74, 6) is 0.805. The monoisotopic (exact) mass is 933 g/mol. The topological polar surface area (TPSA) is 78.9 Å². The molecular weight excluding hydrogens is 817 g/mol. The van der Waals surface area contributed by atoms with Crippen LogP contribution in [0.1, 0.15) is 336 Å². The van der Waals surface area contributed by atoms with Crippen molar-refractivity contribution in [1.82, 2.24) is 0 Å². The molecule has 0 aromatic heterocycles. The SMILES string of the molecule is CCCCCCCCCCCCCCCCCCCCCC(=O)O[C@H](COC(=O)CCCCCCCCCCCCCCCCCC(C)C)COC(=O)CCCCCCCCCCC(C)C. The molecule has 0 aliphatic rings. The molecule has 0 aliphatic heterocycles. The molecule has 0 saturated heterocycles. The van der Waals surface area contributed by atoms with E-state index in [2.05, 4.69) is 34.6 Å². The van der Waals surface area contributed by atoms with Gasteiger partial charge in [-0.3, -0.25) is 14.4 Å². The molecule has 6 nitrogen and oxygen atoms in total. The Balaban J connectivity index is 4.25. The maximum atomic E-state index is 12.9. The highest BCUT2D eigenvalue weighted by atomic mass is 16.6. The summed E-state index contributed by atoms with van der Waals surface area (Å²) >= 11 is 0. The molecule has 0 aromatic carbocycles. The molecule has 392 valence electrons. The molecule has 0 aliphatic carbocycles. The molecule has 1 atom stereocenters. The van der Waals surface area contributed by atoms with Gasteiger partial charge < -0.3 is 14.2 Å². The minimum Gasteiger partial charge on any atom is -0.462 e. The first-order valence-electron chi connectivity index (χ1n) is 29.7. The predicted molar refractivity (Wildman–Crippen MR) is 284 cm³/mol. The summed E-state index contributed by atoms with van der Waals surface area (Å²) < 4.78 is 16.9. The summed E-state index contributed by atoms with van der Waals surface area (Å²) in [5, 5.41) is 0. The summed E-state index contributed by atoms with van der Waals surface area (Å²) in [5.41, 5.74) is 0. The second-order valence-electron chi connectivity index (χ2n) is 21.6. The van der Waals surface area contributed by atoms with Crippen LogP contribution in [0, 0.1) is 11.8 Å². The Bertz CT molecular complexity index is 1010. The number of ether oxygens (including phenoxy) is 3. The van der Waals surface area contributed by atoms with Gasteiger partial charge in [0.05, 0.1) is 0 Å². The summed E-state index contributed by atoms with van der Waals surface area (Å²) in [6.07, 6.45) is 56.8. The molecule has 0 heterocycles. The molecular formula is C60H116O6. The number of esters is 3. The summed E-state index contributed by atoms with van der Waals surface area (Å²) in [6.45, 7) is 11.4. The molecule has 0 unspecified atom stereocenters. The van der Waals surface area contributed by atoms with E-state index in [-0.39, 0.29) is 31.1 Å². The third-order valence-corrected chi connectivity index (χ3v) is 13.7. The Morgan fingerprint density at radius 1 is 0.288 bits per heavy atom. The van der Waals surface area contributed by atoms with Crippen molar-refractivity contribution >= 4 is 17.9 Å². The van der Waals surface area contributed by atoms with Gasteiger partial charge in [-0.2, -0.15) is 0 Å². The van der Waals surface area contributed by atoms with E-state index in [1.54, 1.807) is 0 Å². The molecule has 0 bridgehead atoms. The van der Waals surface area contributed by atoms with Crippen molar-refractivity contribution in [3.05, 3.63) is 0 Å². The highest BCUT2D eigenvalue weighted by Gasteiger charge is 2.19. The zero-order valence-corrected chi connectivity index (χ0v) is 45.3. The maximum absolute atomic E-state index is 12.9. The van der Waals surface area contributed by atoms with Crippen molar-refractivity contribution in [3.63, 3.8) is 0 Å². The van der Waals surface area contributed by atoms with Crippen molar-refractivity contribution in [3.8, 4) is 0 Å². The summed E-state index contributed by atoms with van der Waals surface area (Å²) in [4.78, 5) is 38.1. The molecule has 0 radical (unpaired) electrons. The fraction of sp³-hybridized carbons (Fsp3) is 0.950. The normalized spacial score (nSPS) is 12.0. The minimum atomic E-state index is -0.763. The Hall–Kier alpha value is -1.59. The molecule has 0 aromatic rings. The minimum absolute atomic E-state index is 0.0630. The van der Waals surface area contributed by atoms with Crippen LogP contribution in [0.25, 0.3) is 0 Å². The summed E-state index contributed by atoms with van der Waals surface area (Å²) in [7, 11) is 0. The quantitative estimate of drug-likeness (QED) is 0.0343. The molecule has 0 amide bonds. The third-order valence-electron chi connectivity index (χ3n) is 13.7. The number of carbonyl (C=O) groups is 3. The summed E-state index contributed by atoms with van der Waals surface area (Å²) in [6, 6.07) is 0. The Morgan fingerprint density at radius 3 is 0.742 bits per heavy atom. The van der Waals surface area contributed by atoms with Crippen LogP contribution in [0.5, 0.6) is 0 Å². The highest BCUT2D eigenvalue weighted by Crippen LogP contribution is 2.18. The van der Waals surface area contributed by atoms with Gasteiger partial charge in [0, 0.05) is 19.3 Å². The molecule has 6 heteroatoms. The number of unbranched alkanes of at least 4 members (excludes halogenated alkanes) is 39. The van der Waals surface area contributed by atoms with E-state index >= 15 is 0 Å². The van der Waals surface area contributed by atoms with E-state index in [0.29, 0.717) is 19.3 Å². The second-order valence-corrected chi connectivity index (χ2v) is 21.6. The number of hydrogen-bond acceptors (Lipinski definition) is 6. The zero-order valence-electron chi connectivity index (χ0n) is 45.3. The molecule has 0 N–H and O–H groups in total. The lowest BCUT2D eigenvalue weighted by atomic mass is 10.0. The van der Waals surface area contributed by atoms with Gasteiger partial charge in [0.1, 0.15) is 13.2 Å². The third kappa shape index (κ3) is 53.4. The fourth-order valence-corrected chi connectivity index (χ4v) is 9.23. The molecule has 0 fully saturated rings. The van der Waals surface area contributed by atoms with Crippen molar-refractivity contribution < 1.29 is 28.6 Å². The van der Waals surface area contributed by atoms with E-state index in [0.717, 1.165) is 69.6 Å². The lowest BCUT2D eigenvalue weighted by Gasteiger charge is -2.18. The average molecular weight is 934 g/mol. The van der Waals surface area contributed by atoms with Crippen LogP contribution in [0.3, 0.4) is 0 Å². The smallest absolute Gasteiger partial charge is 0.306 e. The lowest BCUT2D eigenvalue weighted by Crippen LogP contribution is -2.30. The van der Waals surface area contributed by atoms with Crippen LogP contribution in [-0.2, 0) is 28.6 Å². The molecule has 66 heavy (non-hydrogen) atoms. The zero-order chi connectivity index (χ0) is 48.2. The van der Waals surface area contributed by atoms with Gasteiger partial charge in [0.15, 0.2) is 6.10 Å². The highest BCUT2D eigenvalue weighted by molar-refractivity contribution is 5.71. The Morgan fingerprint density at radius 2 is 0.500 bits per heavy atom. The van der Waals surface area contributed by atoms with Crippen molar-refractivity contribution in [2.24, 2.45) is 11.8 Å². The largest absolute Gasteiger partial charge is 0.462 e. The van der Waals surface area contributed by atoms with E-state index in [9.17, 15) is 14.4 Å². The first kappa shape index (κ1) is 64.4. The average Bonchev–Trinajstić information content (AvgIpc) is 3.29.